The topological polar surface area (TPSA) is 64.2 Å². The second kappa shape index (κ2) is 6.95. The number of anilines is 1. The molecule has 0 aliphatic carbocycles. The zero-order valence-electron chi connectivity index (χ0n) is 12.3. The van der Waals surface area contributed by atoms with Crippen LogP contribution in [-0.2, 0) is 6.54 Å². The van der Waals surface area contributed by atoms with E-state index in [0.717, 1.165) is 0 Å². The fourth-order valence-corrected chi connectivity index (χ4v) is 2.69. The van der Waals surface area contributed by atoms with Gasteiger partial charge in [0.2, 0.25) is 0 Å². The normalized spacial score (nSPS) is 10.6. The number of amides is 1. The molecule has 0 aliphatic heterocycles. The zero-order chi connectivity index (χ0) is 17.1. The largest absolute Gasteiger partial charge is 0.454 e. The highest BCUT2D eigenvalue weighted by atomic mass is 35.5. The Kier molecular flexibility index (Phi) is 4.74. The standard InChI is InChI=1S/C17H12Cl2N2O3/c18-11-7-12(19)9-13(8-11)20-17(23)15-5-4-14(24-15)10-21-6-2-1-3-16(21)22/h1-9H,10H2,(H,20,23). The van der Waals surface area contributed by atoms with Crippen molar-refractivity contribution in [3.63, 3.8) is 0 Å². The number of hydrogen-bond acceptors (Lipinski definition) is 3. The van der Waals surface area contributed by atoms with E-state index in [1.807, 2.05) is 0 Å². The number of rotatable bonds is 4. The highest BCUT2D eigenvalue weighted by Gasteiger charge is 2.12. The van der Waals surface area contributed by atoms with Crippen LogP contribution < -0.4 is 10.9 Å². The summed E-state index contributed by atoms with van der Waals surface area (Å²) in [5.74, 6) is 0.197. The summed E-state index contributed by atoms with van der Waals surface area (Å²) in [5, 5.41) is 3.49. The summed E-state index contributed by atoms with van der Waals surface area (Å²) >= 11 is 11.8. The van der Waals surface area contributed by atoms with Crippen LogP contribution in [-0.4, -0.2) is 10.5 Å². The summed E-state index contributed by atoms with van der Waals surface area (Å²) < 4.78 is 6.98. The Morgan fingerprint density at radius 1 is 1.08 bits per heavy atom. The highest BCUT2D eigenvalue weighted by molar-refractivity contribution is 6.35. The third kappa shape index (κ3) is 3.88. The van der Waals surface area contributed by atoms with E-state index in [2.05, 4.69) is 5.32 Å². The van der Waals surface area contributed by atoms with E-state index in [4.69, 9.17) is 27.6 Å². The van der Waals surface area contributed by atoms with Gasteiger partial charge in [0, 0.05) is 28.0 Å². The van der Waals surface area contributed by atoms with Crippen molar-refractivity contribution in [3.8, 4) is 0 Å². The molecule has 0 radical (unpaired) electrons. The number of pyridine rings is 1. The molecular weight excluding hydrogens is 351 g/mol. The molecule has 3 rings (SSSR count). The van der Waals surface area contributed by atoms with Crippen molar-refractivity contribution >= 4 is 34.8 Å². The van der Waals surface area contributed by atoms with Crippen LogP contribution in [0.15, 0.2) is 63.9 Å². The quantitative estimate of drug-likeness (QED) is 0.761. The van der Waals surface area contributed by atoms with Gasteiger partial charge in [-0.3, -0.25) is 9.59 Å². The first kappa shape index (κ1) is 16.4. The molecule has 0 unspecified atom stereocenters. The van der Waals surface area contributed by atoms with Crippen LogP contribution >= 0.6 is 23.2 Å². The summed E-state index contributed by atoms with van der Waals surface area (Å²) in [7, 11) is 0. The lowest BCUT2D eigenvalue weighted by Gasteiger charge is -2.05. The van der Waals surface area contributed by atoms with E-state index in [1.165, 1.54) is 10.6 Å². The Hall–Kier alpha value is -2.50. The number of nitrogens with zero attached hydrogens (tertiary/aromatic N) is 1. The molecule has 1 N–H and O–H groups in total. The number of carbonyl (C=O) groups excluding carboxylic acids is 1. The minimum Gasteiger partial charge on any atom is -0.454 e. The molecule has 0 saturated carbocycles. The minimum absolute atomic E-state index is 0.130. The van der Waals surface area contributed by atoms with Crippen molar-refractivity contribution < 1.29 is 9.21 Å². The summed E-state index contributed by atoms with van der Waals surface area (Å²) in [6.45, 7) is 0.246. The van der Waals surface area contributed by atoms with Gasteiger partial charge in [-0.05, 0) is 36.4 Å². The lowest BCUT2D eigenvalue weighted by Crippen LogP contribution is -2.18. The number of nitrogens with one attached hydrogen (secondary N) is 1. The zero-order valence-corrected chi connectivity index (χ0v) is 13.8. The number of furan rings is 1. The van der Waals surface area contributed by atoms with E-state index in [0.29, 0.717) is 21.5 Å². The Morgan fingerprint density at radius 2 is 1.83 bits per heavy atom. The second-order valence-corrected chi connectivity index (χ2v) is 5.92. The van der Waals surface area contributed by atoms with Gasteiger partial charge in [0.05, 0.1) is 6.54 Å². The number of carbonyl (C=O) groups is 1. The Labute approximate surface area is 147 Å². The van der Waals surface area contributed by atoms with E-state index in [1.54, 1.807) is 48.7 Å². The molecule has 1 amide bonds. The molecule has 0 spiro atoms. The van der Waals surface area contributed by atoms with Crippen molar-refractivity contribution in [1.29, 1.82) is 0 Å². The lowest BCUT2D eigenvalue weighted by atomic mass is 10.3. The summed E-state index contributed by atoms with van der Waals surface area (Å²) in [4.78, 5) is 23.9. The number of benzene rings is 1. The van der Waals surface area contributed by atoms with Crippen LogP contribution in [0.4, 0.5) is 5.69 Å². The number of hydrogen-bond donors (Lipinski definition) is 1. The average molecular weight is 363 g/mol. The van der Waals surface area contributed by atoms with Crippen LogP contribution in [0.1, 0.15) is 16.3 Å². The molecule has 24 heavy (non-hydrogen) atoms. The van der Waals surface area contributed by atoms with Gasteiger partial charge < -0.3 is 14.3 Å². The maximum atomic E-state index is 12.2. The van der Waals surface area contributed by atoms with E-state index < -0.39 is 5.91 Å². The number of aromatic nitrogens is 1. The molecule has 0 bridgehead atoms. The van der Waals surface area contributed by atoms with Gasteiger partial charge in [-0.2, -0.15) is 0 Å². The van der Waals surface area contributed by atoms with Crippen molar-refractivity contribution in [2.45, 2.75) is 6.54 Å². The van der Waals surface area contributed by atoms with E-state index in [9.17, 15) is 9.59 Å². The third-order valence-electron chi connectivity index (χ3n) is 3.23. The molecule has 2 aromatic heterocycles. The SMILES string of the molecule is O=C(Nc1cc(Cl)cc(Cl)c1)c1ccc(Cn2ccccc2=O)o1. The van der Waals surface area contributed by atoms with Crippen LogP contribution in [0.2, 0.25) is 10.0 Å². The molecular formula is C17H12Cl2N2O3. The van der Waals surface area contributed by atoms with Crippen LogP contribution in [0.5, 0.6) is 0 Å². The van der Waals surface area contributed by atoms with Crippen molar-refractivity contribution in [1.82, 2.24) is 4.57 Å². The van der Waals surface area contributed by atoms with Crippen LogP contribution in [0.25, 0.3) is 0 Å². The third-order valence-corrected chi connectivity index (χ3v) is 3.67. The van der Waals surface area contributed by atoms with Gasteiger partial charge in [-0.1, -0.05) is 29.3 Å². The molecule has 122 valence electrons. The average Bonchev–Trinajstić information content (AvgIpc) is 2.97. The first-order chi connectivity index (χ1) is 11.5. The number of halogens is 2. The molecule has 0 saturated heterocycles. The second-order valence-electron chi connectivity index (χ2n) is 5.04. The fraction of sp³-hybridized carbons (Fsp3) is 0.0588. The predicted molar refractivity (Wildman–Crippen MR) is 92.9 cm³/mol. The molecule has 0 aliphatic rings. The fourth-order valence-electron chi connectivity index (χ4n) is 2.16. The first-order valence-electron chi connectivity index (χ1n) is 7.03. The maximum absolute atomic E-state index is 12.2. The maximum Gasteiger partial charge on any atom is 0.291 e. The summed E-state index contributed by atoms with van der Waals surface area (Å²) in [5.41, 5.74) is 0.322. The van der Waals surface area contributed by atoms with Gasteiger partial charge in [0.15, 0.2) is 5.76 Å². The van der Waals surface area contributed by atoms with E-state index >= 15 is 0 Å². The predicted octanol–water partition coefficient (Wildman–Crippen LogP) is 4.05. The van der Waals surface area contributed by atoms with Gasteiger partial charge in [0.1, 0.15) is 5.76 Å². The Morgan fingerprint density at radius 3 is 2.54 bits per heavy atom. The molecule has 0 atom stereocenters. The smallest absolute Gasteiger partial charge is 0.291 e. The minimum atomic E-state index is -0.431. The molecule has 1 aromatic carbocycles. The first-order valence-corrected chi connectivity index (χ1v) is 7.78. The van der Waals surface area contributed by atoms with Gasteiger partial charge in [-0.15, -0.1) is 0 Å². The van der Waals surface area contributed by atoms with Gasteiger partial charge in [0.25, 0.3) is 11.5 Å². The molecule has 7 heteroatoms. The Balaban J connectivity index is 1.74. The van der Waals surface area contributed by atoms with E-state index in [-0.39, 0.29) is 17.9 Å². The van der Waals surface area contributed by atoms with Crippen LogP contribution in [0, 0.1) is 0 Å². The molecule has 5 nitrogen and oxygen atoms in total. The highest BCUT2D eigenvalue weighted by Crippen LogP contribution is 2.23. The molecule has 2 heterocycles. The van der Waals surface area contributed by atoms with Gasteiger partial charge in [-0.25, -0.2) is 0 Å². The van der Waals surface area contributed by atoms with Crippen molar-refractivity contribution in [2.24, 2.45) is 0 Å². The van der Waals surface area contributed by atoms with Crippen molar-refractivity contribution in [3.05, 3.63) is 86.6 Å². The summed E-state index contributed by atoms with van der Waals surface area (Å²) in [6.07, 6.45) is 1.65. The Bertz CT molecular complexity index is 927. The van der Waals surface area contributed by atoms with Crippen LogP contribution in [0.3, 0.4) is 0 Å². The van der Waals surface area contributed by atoms with Crippen molar-refractivity contribution in [2.75, 3.05) is 5.32 Å². The summed E-state index contributed by atoms with van der Waals surface area (Å²) in [6, 6.07) is 12.8. The molecule has 3 aromatic rings. The lowest BCUT2D eigenvalue weighted by molar-refractivity contribution is 0.0995. The molecule has 0 fully saturated rings. The monoisotopic (exact) mass is 362 g/mol. The van der Waals surface area contributed by atoms with Gasteiger partial charge >= 0.3 is 0 Å².